The zero-order chi connectivity index (χ0) is 13.9. The molecular formula is C12H9BrF3NO. The van der Waals surface area contributed by atoms with Crippen molar-refractivity contribution >= 4 is 21.7 Å². The zero-order valence-corrected chi connectivity index (χ0v) is 11.0. The standard InChI is InChI=1S/C12H9BrF3NO/c1-7(18)4-8(6-17)10-3-2-9(13)5-11(10)12(14,15)16/h2-3,5,8H,4H2,1H3. The number of Topliss-reactive ketones (excluding diaryl/α,β-unsaturated/α-hetero) is 1. The molecule has 6 heteroatoms. The van der Waals surface area contributed by atoms with Crippen molar-refractivity contribution in [3.05, 3.63) is 33.8 Å². The average Bonchev–Trinajstić information content (AvgIpc) is 2.24. The second-order valence-electron chi connectivity index (χ2n) is 3.82. The van der Waals surface area contributed by atoms with Gasteiger partial charge in [-0.2, -0.15) is 18.4 Å². The summed E-state index contributed by atoms with van der Waals surface area (Å²) in [6, 6.07) is 5.31. The molecule has 96 valence electrons. The molecule has 1 atom stereocenters. The van der Waals surface area contributed by atoms with Gasteiger partial charge in [-0.15, -0.1) is 0 Å². The minimum absolute atomic E-state index is 0.164. The molecule has 0 heterocycles. The van der Waals surface area contributed by atoms with Gasteiger partial charge in [0.05, 0.1) is 17.6 Å². The number of hydrogen-bond donors (Lipinski definition) is 0. The van der Waals surface area contributed by atoms with E-state index in [2.05, 4.69) is 15.9 Å². The summed E-state index contributed by atoms with van der Waals surface area (Å²) in [6.45, 7) is 1.25. The summed E-state index contributed by atoms with van der Waals surface area (Å²) >= 11 is 2.96. The number of rotatable bonds is 3. The first kappa shape index (κ1) is 14.7. The smallest absolute Gasteiger partial charge is 0.300 e. The summed E-state index contributed by atoms with van der Waals surface area (Å²) in [5.41, 5.74) is -1.05. The Kier molecular flexibility index (Phi) is 4.52. The minimum atomic E-state index is -4.55. The van der Waals surface area contributed by atoms with Crippen molar-refractivity contribution in [2.24, 2.45) is 0 Å². The molecule has 1 aromatic rings. The molecule has 0 aliphatic carbocycles. The summed E-state index contributed by atoms with van der Waals surface area (Å²) in [5, 5.41) is 8.91. The number of alkyl halides is 3. The number of hydrogen-bond acceptors (Lipinski definition) is 2. The summed E-state index contributed by atoms with van der Waals surface area (Å²) in [6.07, 6.45) is -4.77. The third kappa shape index (κ3) is 3.57. The molecule has 18 heavy (non-hydrogen) atoms. The predicted octanol–water partition coefficient (Wildman–Crippen LogP) is 4.05. The van der Waals surface area contributed by atoms with Gasteiger partial charge >= 0.3 is 6.18 Å². The van der Waals surface area contributed by atoms with Crippen molar-refractivity contribution in [2.75, 3.05) is 0 Å². The van der Waals surface area contributed by atoms with Gasteiger partial charge in [0, 0.05) is 10.9 Å². The fourth-order valence-corrected chi connectivity index (χ4v) is 1.95. The molecule has 0 radical (unpaired) electrons. The van der Waals surface area contributed by atoms with Crippen molar-refractivity contribution < 1.29 is 18.0 Å². The van der Waals surface area contributed by atoms with E-state index < -0.39 is 17.7 Å². The predicted molar refractivity (Wildman–Crippen MR) is 62.8 cm³/mol. The van der Waals surface area contributed by atoms with Crippen LogP contribution in [-0.2, 0) is 11.0 Å². The third-order valence-electron chi connectivity index (χ3n) is 2.34. The van der Waals surface area contributed by atoms with Crippen molar-refractivity contribution in [3.63, 3.8) is 0 Å². The van der Waals surface area contributed by atoms with E-state index in [4.69, 9.17) is 5.26 Å². The van der Waals surface area contributed by atoms with Gasteiger partial charge in [-0.3, -0.25) is 4.79 Å². The maximum Gasteiger partial charge on any atom is 0.416 e. The molecule has 2 nitrogen and oxygen atoms in total. The van der Waals surface area contributed by atoms with E-state index in [0.717, 1.165) is 6.07 Å². The summed E-state index contributed by atoms with van der Waals surface area (Å²) in [7, 11) is 0. The van der Waals surface area contributed by atoms with Crippen LogP contribution in [0.3, 0.4) is 0 Å². The number of carbonyl (C=O) groups is 1. The molecular weight excluding hydrogens is 311 g/mol. The van der Waals surface area contributed by atoms with Crippen LogP contribution in [-0.4, -0.2) is 5.78 Å². The second kappa shape index (κ2) is 5.53. The van der Waals surface area contributed by atoms with E-state index in [1.807, 2.05) is 0 Å². The number of carbonyl (C=O) groups excluding carboxylic acids is 1. The largest absolute Gasteiger partial charge is 0.416 e. The molecule has 0 bridgehead atoms. The fourth-order valence-electron chi connectivity index (χ4n) is 1.59. The number of nitriles is 1. The van der Waals surface area contributed by atoms with Crippen LogP contribution in [0.2, 0.25) is 0 Å². The van der Waals surface area contributed by atoms with Crippen molar-refractivity contribution in [1.29, 1.82) is 5.26 Å². The molecule has 0 amide bonds. The molecule has 0 aromatic heterocycles. The Hall–Kier alpha value is -1.35. The highest BCUT2D eigenvalue weighted by Gasteiger charge is 2.35. The third-order valence-corrected chi connectivity index (χ3v) is 2.84. The zero-order valence-electron chi connectivity index (χ0n) is 9.38. The Morgan fingerprint density at radius 1 is 1.50 bits per heavy atom. The minimum Gasteiger partial charge on any atom is -0.300 e. The molecule has 0 aliphatic heterocycles. The van der Waals surface area contributed by atoms with Crippen LogP contribution >= 0.6 is 15.9 Å². The number of ketones is 1. The normalized spacial score (nSPS) is 12.9. The SMILES string of the molecule is CC(=O)CC(C#N)c1ccc(Br)cc1C(F)(F)F. The lowest BCUT2D eigenvalue weighted by molar-refractivity contribution is -0.138. The molecule has 1 unspecified atom stereocenters. The first-order valence-electron chi connectivity index (χ1n) is 5.01. The Morgan fingerprint density at radius 2 is 2.11 bits per heavy atom. The maximum atomic E-state index is 12.8. The lowest BCUT2D eigenvalue weighted by Crippen LogP contribution is -2.13. The summed E-state index contributed by atoms with van der Waals surface area (Å²) < 4.78 is 38.8. The van der Waals surface area contributed by atoms with Gasteiger partial charge in [0.15, 0.2) is 0 Å². The van der Waals surface area contributed by atoms with E-state index in [9.17, 15) is 18.0 Å². The average molecular weight is 320 g/mol. The molecule has 1 aromatic carbocycles. The Balaban J connectivity index is 3.31. The van der Waals surface area contributed by atoms with Gasteiger partial charge in [0.2, 0.25) is 0 Å². The van der Waals surface area contributed by atoms with E-state index in [-0.39, 0.29) is 22.2 Å². The number of benzene rings is 1. The van der Waals surface area contributed by atoms with Crippen LogP contribution in [0.5, 0.6) is 0 Å². The van der Waals surface area contributed by atoms with E-state index in [1.165, 1.54) is 19.1 Å². The Bertz CT molecular complexity index is 505. The van der Waals surface area contributed by atoms with Gasteiger partial charge < -0.3 is 0 Å². The van der Waals surface area contributed by atoms with E-state index >= 15 is 0 Å². The molecule has 0 spiro atoms. The summed E-state index contributed by atoms with van der Waals surface area (Å²) in [5.74, 6) is -1.40. The van der Waals surface area contributed by atoms with Gasteiger partial charge in [-0.25, -0.2) is 0 Å². The van der Waals surface area contributed by atoms with Crippen LogP contribution in [0.4, 0.5) is 13.2 Å². The van der Waals surface area contributed by atoms with Gasteiger partial charge in [-0.1, -0.05) is 22.0 Å². The van der Waals surface area contributed by atoms with Gasteiger partial charge in [0.1, 0.15) is 5.78 Å². The Morgan fingerprint density at radius 3 is 2.56 bits per heavy atom. The van der Waals surface area contributed by atoms with Crippen molar-refractivity contribution in [3.8, 4) is 6.07 Å². The lowest BCUT2D eigenvalue weighted by Gasteiger charge is -2.16. The van der Waals surface area contributed by atoms with Crippen LogP contribution < -0.4 is 0 Å². The highest BCUT2D eigenvalue weighted by atomic mass is 79.9. The molecule has 0 aliphatic rings. The van der Waals surface area contributed by atoms with Crippen molar-refractivity contribution in [1.82, 2.24) is 0 Å². The molecule has 0 N–H and O–H groups in total. The number of nitrogens with zero attached hydrogens (tertiary/aromatic N) is 1. The van der Waals surface area contributed by atoms with Crippen LogP contribution in [0.15, 0.2) is 22.7 Å². The van der Waals surface area contributed by atoms with Gasteiger partial charge in [-0.05, 0) is 24.6 Å². The lowest BCUT2D eigenvalue weighted by atomic mass is 9.91. The monoisotopic (exact) mass is 319 g/mol. The van der Waals surface area contributed by atoms with Crippen LogP contribution in [0.1, 0.15) is 30.4 Å². The summed E-state index contributed by atoms with van der Waals surface area (Å²) in [4.78, 5) is 11.0. The maximum absolute atomic E-state index is 12.8. The number of halogens is 4. The quantitative estimate of drug-likeness (QED) is 0.843. The first-order chi connectivity index (χ1) is 8.25. The topological polar surface area (TPSA) is 40.9 Å². The molecule has 1 rings (SSSR count). The van der Waals surface area contributed by atoms with E-state index in [1.54, 1.807) is 6.07 Å². The van der Waals surface area contributed by atoms with Crippen LogP contribution in [0, 0.1) is 11.3 Å². The molecule has 0 saturated heterocycles. The Labute approximate surface area is 111 Å². The van der Waals surface area contributed by atoms with Crippen molar-refractivity contribution in [2.45, 2.75) is 25.4 Å². The molecule has 0 saturated carbocycles. The highest BCUT2D eigenvalue weighted by Crippen LogP contribution is 2.37. The van der Waals surface area contributed by atoms with Crippen LogP contribution in [0.25, 0.3) is 0 Å². The fraction of sp³-hybridized carbons (Fsp3) is 0.333. The first-order valence-corrected chi connectivity index (χ1v) is 5.80. The highest BCUT2D eigenvalue weighted by molar-refractivity contribution is 9.10. The van der Waals surface area contributed by atoms with E-state index in [0.29, 0.717) is 0 Å². The van der Waals surface area contributed by atoms with Gasteiger partial charge in [0.25, 0.3) is 0 Å². The molecule has 0 fully saturated rings. The second-order valence-corrected chi connectivity index (χ2v) is 4.73.